The zero-order valence-corrected chi connectivity index (χ0v) is 14.8. The van der Waals surface area contributed by atoms with E-state index >= 15 is 0 Å². The van der Waals surface area contributed by atoms with E-state index in [-0.39, 0.29) is 18.3 Å². The van der Waals surface area contributed by atoms with Crippen molar-refractivity contribution in [2.75, 3.05) is 25.5 Å². The predicted molar refractivity (Wildman–Crippen MR) is 101 cm³/mol. The van der Waals surface area contributed by atoms with E-state index in [4.69, 9.17) is 10.5 Å². The highest BCUT2D eigenvalue weighted by molar-refractivity contribution is 5.96. The Bertz CT molecular complexity index is 633. The van der Waals surface area contributed by atoms with Crippen molar-refractivity contribution in [1.29, 1.82) is 0 Å². The van der Waals surface area contributed by atoms with Crippen LogP contribution in [-0.2, 0) is 11.2 Å². The van der Waals surface area contributed by atoms with E-state index in [1.54, 1.807) is 12.1 Å². The number of nitrogens with one attached hydrogen (secondary N) is 1. The molecule has 0 heterocycles. The van der Waals surface area contributed by atoms with E-state index in [0.29, 0.717) is 31.0 Å². The number of halogens is 1. The zero-order valence-electron chi connectivity index (χ0n) is 14.0. The van der Waals surface area contributed by atoms with Gasteiger partial charge < -0.3 is 15.8 Å². The summed E-state index contributed by atoms with van der Waals surface area (Å²) >= 11 is 0. The van der Waals surface area contributed by atoms with Gasteiger partial charge in [0.1, 0.15) is 0 Å². The van der Waals surface area contributed by atoms with Crippen LogP contribution >= 0.6 is 12.4 Å². The lowest BCUT2D eigenvalue weighted by Crippen LogP contribution is -2.26. The third-order valence-electron chi connectivity index (χ3n) is 3.64. The average molecular weight is 349 g/mol. The number of amides is 1. The van der Waals surface area contributed by atoms with Gasteiger partial charge in [0.2, 0.25) is 0 Å². The number of carbonyl (C=O) groups excluding carboxylic acids is 1. The van der Waals surface area contributed by atoms with Crippen LogP contribution in [0.4, 0.5) is 5.69 Å². The van der Waals surface area contributed by atoms with Gasteiger partial charge in [-0.3, -0.25) is 4.79 Å². The van der Waals surface area contributed by atoms with Gasteiger partial charge in [-0.15, -0.1) is 12.4 Å². The van der Waals surface area contributed by atoms with Gasteiger partial charge in [-0.2, -0.15) is 0 Å². The summed E-state index contributed by atoms with van der Waals surface area (Å²) in [5.74, 6) is -0.0842. The van der Waals surface area contributed by atoms with E-state index in [2.05, 4.69) is 17.4 Å². The number of benzene rings is 2. The molecule has 5 heteroatoms. The molecule has 1 amide bonds. The lowest BCUT2D eigenvalue weighted by Gasteiger charge is -2.09. The first-order valence-corrected chi connectivity index (χ1v) is 7.93. The minimum absolute atomic E-state index is 0. The number of nitrogen functional groups attached to an aromatic ring is 1. The summed E-state index contributed by atoms with van der Waals surface area (Å²) in [6, 6.07) is 15.6. The third kappa shape index (κ3) is 6.60. The number of hydrogen-bond donors (Lipinski definition) is 2. The number of carbonyl (C=O) groups is 1. The molecule has 0 fully saturated rings. The maximum Gasteiger partial charge on any atom is 0.251 e. The van der Waals surface area contributed by atoms with Crippen LogP contribution in [0.3, 0.4) is 0 Å². The second-order valence-electron chi connectivity index (χ2n) is 5.53. The number of ether oxygens (including phenoxy) is 1. The predicted octanol–water partition coefficient (Wildman–Crippen LogP) is 3.38. The van der Waals surface area contributed by atoms with Crippen LogP contribution < -0.4 is 11.1 Å². The Balaban J connectivity index is 0.00000288. The Morgan fingerprint density at radius 3 is 2.62 bits per heavy atom. The highest BCUT2D eigenvalue weighted by atomic mass is 35.5. The molecule has 0 unspecified atom stereocenters. The normalized spacial score (nSPS) is 10.0. The SMILES string of the molecule is Cc1ccc(N)cc1C(=O)NCCCOCCc1ccccc1.Cl. The number of anilines is 1. The third-order valence-corrected chi connectivity index (χ3v) is 3.64. The maximum absolute atomic E-state index is 12.1. The maximum atomic E-state index is 12.1. The summed E-state index contributed by atoms with van der Waals surface area (Å²) < 4.78 is 5.60. The Labute approximate surface area is 149 Å². The van der Waals surface area contributed by atoms with Crippen LogP contribution in [0.25, 0.3) is 0 Å². The van der Waals surface area contributed by atoms with Crippen molar-refractivity contribution in [2.45, 2.75) is 19.8 Å². The second kappa shape index (κ2) is 10.7. The molecule has 0 spiro atoms. The van der Waals surface area contributed by atoms with Crippen LogP contribution in [0.5, 0.6) is 0 Å². The largest absolute Gasteiger partial charge is 0.399 e. The lowest BCUT2D eigenvalue weighted by molar-refractivity contribution is 0.0941. The smallest absolute Gasteiger partial charge is 0.251 e. The Kier molecular flexibility index (Phi) is 8.90. The molecular formula is C19H25ClN2O2. The van der Waals surface area contributed by atoms with Crippen LogP contribution in [-0.4, -0.2) is 25.7 Å². The van der Waals surface area contributed by atoms with Crippen molar-refractivity contribution in [3.8, 4) is 0 Å². The van der Waals surface area contributed by atoms with Gasteiger partial charge in [0.05, 0.1) is 6.61 Å². The monoisotopic (exact) mass is 348 g/mol. The van der Waals surface area contributed by atoms with Crippen LogP contribution in [0.2, 0.25) is 0 Å². The molecule has 0 aromatic heterocycles. The van der Waals surface area contributed by atoms with Crippen LogP contribution in [0.1, 0.15) is 27.9 Å². The summed E-state index contributed by atoms with van der Waals surface area (Å²) in [5.41, 5.74) is 9.16. The fourth-order valence-corrected chi connectivity index (χ4v) is 2.29. The number of nitrogens with two attached hydrogens (primary N) is 1. The fraction of sp³-hybridized carbons (Fsp3) is 0.316. The molecule has 0 aliphatic heterocycles. The Morgan fingerprint density at radius 2 is 1.88 bits per heavy atom. The highest BCUT2D eigenvalue weighted by Crippen LogP contribution is 2.12. The summed E-state index contributed by atoms with van der Waals surface area (Å²) in [7, 11) is 0. The van der Waals surface area contributed by atoms with E-state index in [9.17, 15) is 4.79 Å². The van der Waals surface area contributed by atoms with Crippen molar-refractivity contribution in [3.05, 3.63) is 65.2 Å². The van der Waals surface area contributed by atoms with Gasteiger partial charge >= 0.3 is 0 Å². The molecule has 3 N–H and O–H groups in total. The van der Waals surface area contributed by atoms with Gasteiger partial charge in [0, 0.05) is 24.4 Å². The van der Waals surface area contributed by atoms with E-state index in [1.165, 1.54) is 5.56 Å². The summed E-state index contributed by atoms with van der Waals surface area (Å²) in [6.45, 7) is 3.84. The first-order chi connectivity index (χ1) is 11.2. The van der Waals surface area contributed by atoms with Crippen molar-refractivity contribution in [3.63, 3.8) is 0 Å². The molecule has 0 radical (unpaired) electrons. The summed E-state index contributed by atoms with van der Waals surface area (Å²) in [4.78, 5) is 12.1. The van der Waals surface area contributed by atoms with Crippen LogP contribution in [0, 0.1) is 6.92 Å². The highest BCUT2D eigenvalue weighted by Gasteiger charge is 2.08. The van der Waals surface area contributed by atoms with Crippen molar-refractivity contribution < 1.29 is 9.53 Å². The second-order valence-corrected chi connectivity index (χ2v) is 5.53. The van der Waals surface area contributed by atoms with Crippen molar-refractivity contribution in [2.24, 2.45) is 0 Å². The van der Waals surface area contributed by atoms with Crippen molar-refractivity contribution >= 4 is 24.0 Å². The van der Waals surface area contributed by atoms with Gasteiger partial charge in [-0.25, -0.2) is 0 Å². The van der Waals surface area contributed by atoms with E-state index in [1.807, 2.05) is 31.2 Å². The van der Waals surface area contributed by atoms with Gasteiger partial charge in [0.25, 0.3) is 5.91 Å². The molecule has 0 bridgehead atoms. The zero-order chi connectivity index (χ0) is 16.5. The number of hydrogen-bond acceptors (Lipinski definition) is 3. The average Bonchev–Trinajstić information content (AvgIpc) is 2.57. The first-order valence-electron chi connectivity index (χ1n) is 7.93. The van der Waals surface area contributed by atoms with Gasteiger partial charge in [0.15, 0.2) is 0 Å². The fourth-order valence-electron chi connectivity index (χ4n) is 2.29. The Hall–Kier alpha value is -2.04. The Morgan fingerprint density at radius 1 is 1.12 bits per heavy atom. The van der Waals surface area contributed by atoms with E-state index < -0.39 is 0 Å². The number of aryl methyl sites for hydroxylation is 1. The number of rotatable bonds is 8. The molecule has 0 aliphatic rings. The van der Waals surface area contributed by atoms with Gasteiger partial charge in [-0.1, -0.05) is 36.4 Å². The standard InChI is InChI=1S/C19H24N2O2.ClH/c1-15-8-9-17(20)14-18(15)19(22)21-11-5-12-23-13-10-16-6-3-2-4-7-16;/h2-4,6-9,14H,5,10-13,20H2,1H3,(H,21,22);1H. The molecule has 24 heavy (non-hydrogen) atoms. The molecular weight excluding hydrogens is 324 g/mol. The van der Waals surface area contributed by atoms with Gasteiger partial charge in [-0.05, 0) is 43.0 Å². The molecule has 0 saturated heterocycles. The topological polar surface area (TPSA) is 64.4 Å². The molecule has 0 atom stereocenters. The molecule has 2 aromatic carbocycles. The van der Waals surface area contributed by atoms with Crippen LogP contribution in [0.15, 0.2) is 48.5 Å². The van der Waals surface area contributed by atoms with Crippen molar-refractivity contribution in [1.82, 2.24) is 5.32 Å². The summed E-state index contributed by atoms with van der Waals surface area (Å²) in [5, 5.41) is 2.90. The molecule has 0 aliphatic carbocycles. The molecule has 130 valence electrons. The molecule has 2 aromatic rings. The van der Waals surface area contributed by atoms with E-state index in [0.717, 1.165) is 18.4 Å². The quantitative estimate of drug-likeness (QED) is 0.567. The first kappa shape index (κ1) is 20.0. The molecule has 2 rings (SSSR count). The minimum atomic E-state index is -0.0842. The minimum Gasteiger partial charge on any atom is -0.399 e. The summed E-state index contributed by atoms with van der Waals surface area (Å²) in [6.07, 6.45) is 1.71. The molecule has 4 nitrogen and oxygen atoms in total. The lowest BCUT2D eigenvalue weighted by atomic mass is 10.1. The molecule has 0 saturated carbocycles.